The Morgan fingerprint density at radius 3 is 2.33 bits per heavy atom. The van der Waals surface area contributed by atoms with Gasteiger partial charge in [0.2, 0.25) is 5.89 Å². The van der Waals surface area contributed by atoms with Crippen molar-refractivity contribution in [1.82, 2.24) is 9.97 Å². The van der Waals surface area contributed by atoms with Crippen molar-refractivity contribution in [2.75, 3.05) is 18.9 Å². The van der Waals surface area contributed by atoms with Crippen molar-refractivity contribution in [3.8, 4) is 40.5 Å². The fraction of sp³-hybridized carbons (Fsp3) is 0.154. The minimum atomic E-state index is -0.105. The van der Waals surface area contributed by atoms with Crippen LogP contribution in [0.4, 0.5) is 5.82 Å². The van der Waals surface area contributed by atoms with E-state index in [1.165, 1.54) is 11.8 Å². The highest BCUT2D eigenvalue weighted by Gasteiger charge is 2.21. The van der Waals surface area contributed by atoms with Crippen molar-refractivity contribution >= 4 is 29.2 Å². The second-order valence-corrected chi connectivity index (χ2v) is 8.97. The fourth-order valence-electron chi connectivity index (χ4n) is 3.49. The van der Waals surface area contributed by atoms with Crippen LogP contribution in [-0.4, -0.2) is 28.3 Å². The number of aromatic nitrogens is 2. The van der Waals surface area contributed by atoms with Gasteiger partial charge >= 0.3 is 0 Å². The third-order valence-corrected chi connectivity index (χ3v) is 6.49. The molecule has 3 N–H and O–H groups in total. The van der Waals surface area contributed by atoms with Crippen LogP contribution in [0.2, 0.25) is 5.02 Å². The number of nitrogens with two attached hydrogens (primary N) is 1. The van der Waals surface area contributed by atoms with E-state index in [1.807, 2.05) is 19.1 Å². The molecule has 10 heteroatoms. The molecular weight excluding hydrogens is 498 g/mol. The number of hydrogen-bond acceptors (Lipinski definition) is 9. The first-order valence-corrected chi connectivity index (χ1v) is 12.1. The Morgan fingerprint density at radius 1 is 1.03 bits per heavy atom. The predicted molar refractivity (Wildman–Crippen MR) is 137 cm³/mol. The Labute approximate surface area is 216 Å². The molecular formula is C26H20ClN5O3S. The number of aryl methyl sites for hydroxylation is 1. The molecule has 36 heavy (non-hydrogen) atoms. The number of aliphatic hydroxyl groups is 1. The number of pyridine rings is 1. The minimum Gasteiger partial charge on any atom is -0.491 e. The highest BCUT2D eigenvalue weighted by atomic mass is 35.5. The summed E-state index contributed by atoms with van der Waals surface area (Å²) >= 11 is 7.25. The van der Waals surface area contributed by atoms with Gasteiger partial charge in [0.15, 0.2) is 0 Å². The van der Waals surface area contributed by atoms with Crippen LogP contribution in [0.25, 0.3) is 22.6 Å². The van der Waals surface area contributed by atoms with Gasteiger partial charge in [0.25, 0.3) is 0 Å². The summed E-state index contributed by atoms with van der Waals surface area (Å²) in [4.78, 5) is 8.94. The molecule has 0 unspecified atom stereocenters. The first kappa shape index (κ1) is 25.1. The number of rotatable bonds is 8. The van der Waals surface area contributed by atoms with Gasteiger partial charge < -0.3 is 20.0 Å². The number of benzene rings is 2. The van der Waals surface area contributed by atoms with Crippen molar-refractivity contribution in [1.29, 1.82) is 10.5 Å². The van der Waals surface area contributed by atoms with E-state index in [4.69, 9.17) is 31.6 Å². The molecule has 0 atom stereocenters. The minimum absolute atomic E-state index is 0.0355. The number of nitriles is 2. The summed E-state index contributed by atoms with van der Waals surface area (Å²) in [5.41, 5.74) is 9.02. The van der Waals surface area contributed by atoms with Crippen LogP contribution in [0.3, 0.4) is 0 Å². The number of nitrogen functional groups attached to an aromatic ring is 1. The lowest BCUT2D eigenvalue weighted by Crippen LogP contribution is -2.04. The van der Waals surface area contributed by atoms with Gasteiger partial charge in [-0.05, 0) is 48.9 Å². The number of oxazole rings is 1. The molecule has 180 valence electrons. The van der Waals surface area contributed by atoms with Crippen molar-refractivity contribution < 1.29 is 14.3 Å². The largest absolute Gasteiger partial charge is 0.491 e. The molecule has 2 aromatic carbocycles. The summed E-state index contributed by atoms with van der Waals surface area (Å²) in [5.74, 6) is 2.08. The molecule has 0 aliphatic heterocycles. The second kappa shape index (κ2) is 11.1. The van der Waals surface area contributed by atoms with Gasteiger partial charge in [0, 0.05) is 21.9 Å². The van der Waals surface area contributed by atoms with E-state index < -0.39 is 0 Å². The van der Waals surface area contributed by atoms with Crippen molar-refractivity contribution in [2.45, 2.75) is 17.7 Å². The number of ether oxygens (including phenoxy) is 1. The molecule has 2 aromatic heterocycles. The molecule has 0 saturated heterocycles. The number of aliphatic hydroxyl groups excluding tert-OH is 1. The quantitative estimate of drug-likeness (QED) is 0.295. The highest BCUT2D eigenvalue weighted by Crippen LogP contribution is 2.37. The second-order valence-electron chi connectivity index (χ2n) is 7.56. The number of anilines is 1. The Hall–Kier alpha value is -4.02. The number of nitrogens with zero attached hydrogens (tertiary/aromatic N) is 4. The lowest BCUT2D eigenvalue weighted by Gasteiger charge is -2.13. The van der Waals surface area contributed by atoms with Crippen LogP contribution in [0, 0.1) is 29.6 Å². The zero-order valence-electron chi connectivity index (χ0n) is 19.2. The van der Waals surface area contributed by atoms with E-state index in [1.54, 1.807) is 36.4 Å². The number of thioether (sulfide) groups is 1. The van der Waals surface area contributed by atoms with E-state index in [9.17, 15) is 10.5 Å². The predicted octanol–water partition coefficient (Wildman–Crippen LogP) is 5.35. The third kappa shape index (κ3) is 5.29. The summed E-state index contributed by atoms with van der Waals surface area (Å²) < 4.78 is 11.2. The van der Waals surface area contributed by atoms with Crippen LogP contribution >= 0.6 is 23.4 Å². The van der Waals surface area contributed by atoms with E-state index in [0.717, 1.165) is 5.56 Å². The SMILES string of the molecule is Cc1oc(-c2ccc(Cl)cc2)nc1CSc1nc(N)c(C#N)c(-c2ccc(OCCO)cc2)c1C#N. The molecule has 0 bridgehead atoms. The van der Waals surface area contributed by atoms with Gasteiger partial charge in [-0.2, -0.15) is 10.5 Å². The average Bonchev–Trinajstić information content (AvgIpc) is 3.26. The van der Waals surface area contributed by atoms with Crippen LogP contribution in [-0.2, 0) is 5.75 Å². The van der Waals surface area contributed by atoms with Gasteiger partial charge in [-0.15, -0.1) is 0 Å². The van der Waals surface area contributed by atoms with Crippen LogP contribution in [0.15, 0.2) is 58.0 Å². The average molecular weight is 518 g/mol. The molecule has 0 aliphatic carbocycles. The Kier molecular flexibility index (Phi) is 7.77. The van der Waals surface area contributed by atoms with Gasteiger partial charge in [-0.25, -0.2) is 9.97 Å². The molecule has 4 aromatic rings. The molecule has 0 fully saturated rings. The van der Waals surface area contributed by atoms with E-state index in [-0.39, 0.29) is 30.2 Å². The van der Waals surface area contributed by atoms with E-state index in [2.05, 4.69) is 22.1 Å². The van der Waals surface area contributed by atoms with E-state index >= 15 is 0 Å². The highest BCUT2D eigenvalue weighted by molar-refractivity contribution is 7.98. The summed E-state index contributed by atoms with van der Waals surface area (Å²) in [6.45, 7) is 1.88. The van der Waals surface area contributed by atoms with Crippen molar-refractivity contribution in [2.24, 2.45) is 0 Å². The van der Waals surface area contributed by atoms with Gasteiger partial charge in [-0.3, -0.25) is 0 Å². The maximum atomic E-state index is 10.0. The standard InChI is InChI=1S/C26H20ClN5O3S/c1-15-22(31-25(35-15)17-2-6-18(27)7-3-17)14-36-26-21(13-29)23(20(12-28)24(30)32-26)16-4-8-19(9-5-16)34-11-10-33/h2-9,33H,10-11,14H2,1H3,(H2,30,32). The number of hydrogen-bond donors (Lipinski definition) is 2. The Balaban J connectivity index is 1.66. The summed E-state index contributed by atoms with van der Waals surface area (Å²) in [6, 6.07) is 18.3. The summed E-state index contributed by atoms with van der Waals surface area (Å²) in [7, 11) is 0. The third-order valence-electron chi connectivity index (χ3n) is 5.25. The molecule has 0 amide bonds. The maximum Gasteiger partial charge on any atom is 0.226 e. The van der Waals surface area contributed by atoms with Crippen LogP contribution in [0.1, 0.15) is 22.6 Å². The van der Waals surface area contributed by atoms with Gasteiger partial charge in [0.1, 0.15) is 46.7 Å². The fourth-order valence-corrected chi connectivity index (χ4v) is 4.61. The van der Waals surface area contributed by atoms with Gasteiger partial charge in [-0.1, -0.05) is 35.5 Å². The van der Waals surface area contributed by atoms with Gasteiger partial charge in [0.05, 0.1) is 17.9 Å². The molecule has 0 saturated carbocycles. The smallest absolute Gasteiger partial charge is 0.226 e. The molecule has 2 heterocycles. The van der Waals surface area contributed by atoms with E-state index in [0.29, 0.717) is 50.0 Å². The molecule has 0 spiro atoms. The molecule has 0 radical (unpaired) electrons. The first-order valence-electron chi connectivity index (χ1n) is 10.8. The normalized spacial score (nSPS) is 10.6. The molecule has 8 nitrogen and oxygen atoms in total. The lowest BCUT2D eigenvalue weighted by atomic mass is 9.97. The lowest BCUT2D eigenvalue weighted by molar-refractivity contribution is 0.201. The van der Waals surface area contributed by atoms with Crippen LogP contribution < -0.4 is 10.5 Å². The van der Waals surface area contributed by atoms with Crippen molar-refractivity contribution in [3.63, 3.8) is 0 Å². The monoisotopic (exact) mass is 517 g/mol. The van der Waals surface area contributed by atoms with Crippen molar-refractivity contribution in [3.05, 3.63) is 76.1 Å². The zero-order valence-corrected chi connectivity index (χ0v) is 20.7. The summed E-state index contributed by atoms with van der Waals surface area (Å²) in [6.07, 6.45) is 0. The zero-order chi connectivity index (χ0) is 25.7. The number of halogens is 1. The topological polar surface area (TPSA) is 142 Å². The molecule has 0 aliphatic rings. The Morgan fingerprint density at radius 2 is 1.69 bits per heavy atom. The maximum absolute atomic E-state index is 10.0. The summed E-state index contributed by atoms with van der Waals surface area (Å²) in [5, 5.41) is 29.7. The molecule has 4 rings (SSSR count). The first-order chi connectivity index (χ1) is 17.4. The Bertz CT molecular complexity index is 1470. The van der Waals surface area contributed by atoms with Crippen LogP contribution in [0.5, 0.6) is 5.75 Å².